The third-order valence-corrected chi connectivity index (χ3v) is 18.5. The van der Waals surface area contributed by atoms with Gasteiger partial charge < -0.3 is 47.0 Å². The molecule has 12 aromatic rings. The second-order valence-electron chi connectivity index (χ2n) is 21.9. The predicted molar refractivity (Wildman–Crippen MR) is 404 cm³/mol. The van der Waals surface area contributed by atoms with Crippen molar-refractivity contribution in [2.45, 2.75) is 40.4 Å². The Morgan fingerprint density at radius 2 is 0.835 bits per heavy atom. The molecule has 0 radical (unpaired) electrons. The van der Waals surface area contributed by atoms with Gasteiger partial charge in [0.15, 0.2) is 19.7 Å². The van der Waals surface area contributed by atoms with Crippen LogP contribution in [-0.4, -0.2) is 111 Å². The summed E-state index contributed by atoms with van der Waals surface area (Å²) in [6.45, 7) is 1.83. The average molecular weight is 1530 g/mol. The van der Waals surface area contributed by atoms with Gasteiger partial charge in [-0.25, -0.2) is 65.1 Å². The zero-order chi connectivity index (χ0) is 73.4. The van der Waals surface area contributed by atoms with Gasteiger partial charge in [-0.05, 0) is 171 Å². The number of anilines is 13. The largest absolute Gasteiger partial charge is 0.508 e. The van der Waals surface area contributed by atoms with Gasteiger partial charge in [-0.15, -0.1) is 0 Å². The minimum atomic E-state index is -3.71. The summed E-state index contributed by atoms with van der Waals surface area (Å²) in [5.41, 5.74) is 7.71. The highest BCUT2D eigenvalue weighted by Gasteiger charge is 2.22. The number of H-pyrrole nitrogens is 1. The zero-order valence-corrected chi connectivity index (χ0v) is 60.1. The van der Waals surface area contributed by atoms with Gasteiger partial charge in [-0.3, -0.25) is 9.78 Å². The maximum Gasteiger partial charge on any atom is 0.261 e. The van der Waals surface area contributed by atoms with Crippen molar-refractivity contribution in [1.82, 2.24) is 49.8 Å². The summed E-state index contributed by atoms with van der Waals surface area (Å²) in [6, 6.07) is 57.0. The Balaban J connectivity index is 0.000000147. The van der Waals surface area contributed by atoms with Gasteiger partial charge in [0.05, 0.1) is 14.7 Å². The quantitative estimate of drug-likeness (QED) is 0.0361. The highest BCUT2D eigenvalue weighted by Crippen LogP contribution is 2.38. The van der Waals surface area contributed by atoms with E-state index in [1.54, 1.807) is 91.3 Å². The van der Waals surface area contributed by atoms with Crippen molar-refractivity contribution in [2.24, 2.45) is 0 Å². The Kier molecular flexibility index (Phi) is 27.0. The van der Waals surface area contributed by atoms with Crippen molar-refractivity contribution in [3.8, 4) is 11.5 Å². The van der Waals surface area contributed by atoms with Gasteiger partial charge in [0.1, 0.15) is 32.8 Å². The lowest BCUT2D eigenvalue weighted by atomic mass is 10.0. The molecule has 33 heteroatoms. The molecule has 0 spiro atoms. The van der Waals surface area contributed by atoms with Crippen molar-refractivity contribution >= 4 is 150 Å². The van der Waals surface area contributed by atoms with Crippen LogP contribution >= 0.6 is 45.5 Å². The van der Waals surface area contributed by atoms with Gasteiger partial charge in [-0.2, -0.15) is 4.98 Å². The van der Waals surface area contributed by atoms with Gasteiger partial charge >= 0.3 is 0 Å². The maximum atomic E-state index is 11.6. The van der Waals surface area contributed by atoms with Crippen molar-refractivity contribution < 1.29 is 35.5 Å². The monoisotopic (exact) mass is 1520 g/mol. The SMILES string of the molecule is CS(=O)(=O)c1ccc(Nc2nccc(Cl)n2)cc1.CS(=O)(=O)c1ccc(Nc2nccc(N3CCCc4c(O)cccc43)n2)cc1.Clc1ccnc(Nc2ccccc2)n1.O=S(=O)(Cl)c1ccc(Nc2nccc(Cl)n2)cc1.O=c1ccnc(Nc2ccccc2)[nH]1.Oc1cccc2c1CCCN2. The van der Waals surface area contributed by atoms with Crippen LogP contribution in [0.2, 0.25) is 15.5 Å². The molecule has 0 amide bonds. The van der Waals surface area contributed by atoms with E-state index in [0.717, 1.165) is 84.7 Å². The molecule has 14 rings (SSSR count). The van der Waals surface area contributed by atoms with Crippen LogP contribution in [-0.2, 0) is 41.6 Å². The molecule has 0 bridgehead atoms. The molecule has 2 aliphatic rings. The first-order valence-electron chi connectivity index (χ1n) is 31.0. The molecular weight excluding hydrogens is 1460 g/mol. The topological polar surface area (TPSA) is 367 Å². The molecule has 7 heterocycles. The molecule has 103 heavy (non-hydrogen) atoms. The predicted octanol–water partition coefficient (Wildman–Crippen LogP) is 14.6. The molecule has 530 valence electrons. The second-order valence-corrected chi connectivity index (χ2v) is 29.7. The number of sulfone groups is 2. The summed E-state index contributed by atoms with van der Waals surface area (Å²) in [5, 5.41) is 38.8. The summed E-state index contributed by atoms with van der Waals surface area (Å²) in [4.78, 5) is 52.8. The fourth-order valence-corrected chi connectivity index (χ4v) is 11.9. The molecular formula is C70H65Cl4N17O9S3. The van der Waals surface area contributed by atoms with Crippen LogP contribution in [0.4, 0.5) is 75.4 Å². The number of hydrogen-bond acceptors (Lipinski definition) is 25. The minimum Gasteiger partial charge on any atom is -0.508 e. The standard InChI is InChI=1S/C20H20N4O3S.C11H10ClN3O2S.C10H7Cl2N3O2S.C10H8ClN3.C10H9N3O.C9H11NO/c1-28(26,27)15-9-7-14(8-10-15)22-20-21-12-11-19(23-20)24-13-3-4-16-17(24)5-2-6-18(16)25;1-18(16,17)9-4-2-8(3-5-9)14-11-13-7-6-10(12)15-11;11-9-5-6-13-10(15-9)14-7-1-3-8(4-2-7)18(12,16)17;11-9-6-7-12-10(14-9)13-8-4-2-1-3-5-8;14-9-6-7-11-10(13-9)12-8-4-2-1-3-5-8;11-9-5-1-4-8-7(9)3-2-6-10-8/h2,5-12,25H,3-4,13H2,1H3,(H,21,22,23);2-7H,1H3,(H,13,14,15);1-6H,(H,13,14,15);1-7H,(H,12,13,14);1-7H,(H2,11,12,13,14);1,4-5,10-11H,2-3,6H2. The Hall–Kier alpha value is -11.1. The Morgan fingerprint density at radius 1 is 0.427 bits per heavy atom. The number of phenolic OH excluding ortho intramolecular Hbond substituents is 2. The number of halogens is 4. The summed E-state index contributed by atoms with van der Waals surface area (Å²) in [7, 11) is -4.92. The number of aromatic hydroxyl groups is 2. The first-order chi connectivity index (χ1) is 49.4. The number of aromatic amines is 1. The molecule has 26 nitrogen and oxygen atoms in total. The van der Waals surface area contributed by atoms with Crippen LogP contribution in [0.1, 0.15) is 24.0 Å². The third-order valence-electron chi connectivity index (χ3n) is 14.3. The molecule has 0 unspecified atom stereocenters. The average Bonchev–Trinajstić information content (AvgIpc) is 0.792. The number of nitrogens with zero attached hydrogens (tertiary/aromatic N) is 10. The number of rotatable bonds is 14. The highest BCUT2D eigenvalue weighted by atomic mass is 35.7. The molecule has 0 fully saturated rings. The Labute approximate surface area is 613 Å². The molecule has 0 saturated carbocycles. The highest BCUT2D eigenvalue weighted by molar-refractivity contribution is 8.13. The zero-order valence-electron chi connectivity index (χ0n) is 54.6. The van der Waals surface area contributed by atoms with E-state index in [1.165, 1.54) is 55.2 Å². The number of benzene rings is 7. The van der Waals surface area contributed by atoms with E-state index in [4.69, 9.17) is 45.5 Å². The fraction of sp³-hybridized carbons (Fsp3) is 0.114. The minimum absolute atomic E-state index is 0.0294. The molecule has 2 aliphatic heterocycles. The maximum absolute atomic E-state index is 11.6. The van der Waals surface area contributed by atoms with Crippen LogP contribution in [0.15, 0.2) is 251 Å². The summed E-state index contributed by atoms with van der Waals surface area (Å²) < 4.78 is 67.8. The van der Waals surface area contributed by atoms with E-state index >= 15 is 0 Å². The van der Waals surface area contributed by atoms with Crippen molar-refractivity contribution in [3.05, 3.63) is 268 Å². The van der Waals surface area contributed by atoms with Crippen LogP contribution in [0, 0.1) is 0 Å². The summed E-state index contributed by atoms with van der Waals surface area (Å²) >= 11 is 17.2. The van der Waals surface area contributed by atoms with Crippen LogP contribution in [0.25, 0.3) is 0 Å². The lowest BCUT2D eigenvalue weighted by Crippen LogP contribution is -2.25. The normalized spacial score (nSPS) is 12.0. The molecule has 0 atom stereocenters. The fourth-order valence-electron chi connectivity index (χ4n) is 9.49. The molecule has 5 aromatic heterocycles. The van der Waals surface area contributed by atoms with Gasteiger partial charge in [0.25, 0.3) is 14.6 Å². The first kappa shape index (κ1) is 76.1. The number of aromatic nitrogens is 10. The van der Waals surface area contributed by atoms with Crippen molar-refractivity contribution in [3.63, 3.8) is 0 Å². The number of phenols is 2. The van der Waals surface area contributed by atoms with Gasteiger partial charge in [0, 0.05) is 124 Å². The van der Waals surface area contributed by atoms with Crippen LogP contribution < -0.4 is 42.4 Å². The third kappa shape index (κ3) is 24.3. The number of hydrogen-bond donors (Lipinski definition) is 9. The van der Waals surface area contributed by atoms with Gasteiger partial charge in [0.2, 0.25) is 29.7 Å². The Morgan fingerprint density at radius 3 is 1.28 bits per heavy atom. The van der Waals surface area contributed by atoms with Crippen LogP contribution in [0.3, 0.4) is 0 Å². The molecule has 9 N–H and O–H groups in total. The molecule has 7 aromatic carbocycles. The van der Waals surface area contributed by atoms with Crippen molar-refractivity contribution in [2.75, 3.05) is 62.4 Å². The van der Waals surface area contributed by atoms with E-state index < -0.39 is 28.7 Å². The van der Waals surface area contributed by atoms with E-state index in [0.29, 0.717) is 73.8 Å². The number of nitrogens with one attached hydrogen (secondary N) is 7. The van der Waals surface area contributed by atoms with Gasteiger partial charge in [-0.1, -0.05) is 83.3 Å². The lowest BCUT2D eigenvalue weighted by Gasteiger charge is -2.30. The number of fused-ring (bicyclic) bond motifs is 2. The first-order valence-corrected chi connectivity index (χ1v) is 38.2. The summed E-state index contributed by atoms with van der Waals surface area (Å²) in [5.74, 6) is 3.51. The second kappa shape index (κ2) is 36.5. The smallest absolute Gasteiger partial charge is 0.261 e. The number of para-hydroxylation sites is 2. The van der Waals surface area contributed by atoms with Crippen LogP contribution in [0.5, 0.6) is 11.5 Å². The van der Waals surface area contributed by atoms with E-state index in [1.807, 2.05) is 91.0 Å². The van der Waals surface area contributed by atoms with Crippen molar-refractivity contribution in [1.29, 1.82) is 0 Å². The molecule has 0 saturated heterocycles. The molecule has 0 aliphatic carbocycles. The van der Waals surface area contributed by atoms with E-state index in [2.05, 4.69) is 86.6 Å². The van der Waals surface area contributed by atoms with E-state index in [9.17, 15) is 40.3 Å². The lowest BCUT2D eigenvalue weighted by molar-refractivity contribution is 0.465. The van der Waals surface area contributed by atoms with E-state index in [-0.39, 0.29) is 20.2 Å². The Bertz CT molecular complexity index is 5090. The summed E-state index contributed by atoms with van der Waals surface area (Å²) in [6.07, 6.45) is 14.0.